The van der Waals surface area contributed by atoms with Crippen molar-refractivity contribution in [2.24, 2.45) is 4.99 Å². The summed E-state index contributed by atoms with van der Waals surface area (Å²) in [5, 5.41) is 10.7. The van der Waals surface area contributed by atoms with Crippen LogP contribution in [-0.4, -0.2) is 27.8 Å². The third kappa shape index (κ3) is 5.37. The molecule has 0 amide bonds. The van der Waals surface area contributed by atoms with Crippen LogP contribution in [0.4, 0.5) is 13.2 Å². The van der Waals surface area contributed by atoms with Gasteiger partial charge in [-0.1, -0.05) is 18.2 Å². The molecule has 2 N–H and O–H groups in total. The monoisotopic (exact) mass is 416 g/mol. The molecule has 9 heteroatoms. The number of aliphatic imine (C=N–C) groups is 1. The predicted octanol–water partition coefficient (Wildman–Crippen LogP) is 3.77. The van der Waals surface area contributed by atoms with E-state index in [0.717, 1.165) is 40.5 Å². The van der Waals surface area contributed by atoms with E-state index in [1.807, 2.05) is 32.0 Å². The molecule has 2 heterocycles. The molecular formula is C21H23F3N6. The molecule has 0 bridgehead atoms. The van der Waals surface area contributed by atoms with E-state index in [1.165, 1.54) is 12.1 Å². The summed E-state index contributed by atoms with van der Waals surface area (Å²) < 4.78 is 39.7. The second-order valence-electron chi connectivity index (χ2n) is 6.84. The minimum Gasteiger partial charge on any atom is -0.352 e. The fraction of sp³-hybridized carbons (Fsp3) is 0.286. The zero-order valence-corrected chi connectivity index (χ0v) is 17.0. The van der Waals surface area contributed by atoms with E-state index in [-0.39, 0.29) is 0 Å². The molecule has 0 unspecified atom stereocenters. The van der Waals surface area contributed by atoms with Crippen molar-refractivity contribution >= 4 is 5.96 Å². The van der Waals surface area contributed by atoms with Crippen LogP contribution in [0, 0.1) is 13.8 Å². The zero-order chi connectivity index (χ0) is 21.7. The lowest BCUT2D eigenvalue weighted by Crippen LogP contribution is -2.36. The summed E-state index contributed by atoms with van der Waals surface area (Å²) in [6.07, 6.45) is -2.57. The highest BCUT2D eigenvalue weighted by Crippen LogP contribution is 2.29. The molecule has 0 aliphatic carbocycles. The number of guanidine groups is 1. The lowest BCUT2D eigenvalue weighted by atomic mass is 10.1. The predicted molar refractivity (Wildman–Crippen MR) is 109 cm³/mol. The van der Waals surface area contributed by atoms with Crippen LogP contribution in [0.2, 0.25) is 0 Å². The van der Waals surface area contributed by atoms with E-state index in [0.29, 0.717) is 19.0 Å². The number of aryl methyl sites for hydroxylation is 2. The number of hydrogen-bond donors (Lipinski definition) is 2. The van der Waals surface area contributed by atoms with Crippen LogP contribution < -0.4 is 10.6 Å². The van der Waals surface area contributed by atoms with Gasteiger partial charge in [0, 0.05) is 32.0 Å². The van der Waals surface area contributed by atoms with Gasteiger partial charge in [-0.15, -0.1) is 0 Å². The molecule has 0 radical (unpaired) electrons. The Balaban J connectivity index is 1.53. The third-order valence-corrected chi connectivity index (χ3v) is 4.46. The van der Waals surface area contributed by atoms with Gasteiger partial charge >= 0.3 is 6.18 Å². The number of aromatic nitrogens is 3. The Hall–Kier alpha value is -3.36. The smallest absolute Gasteiger partial charge is 0.352 e. The molecule has 0 atom stereocenters. The number of rotatable bonds is 5. The van der Waals surface area contributed by atoms with Gasteiger partial charge in [0.15, 0.2) is 11.8 Å². The SMILES string of the molecule is CN=C(NCc1ccc(C(F)(F)F)cc1)NCc1ccc(-n2nc(C)cc2C)nc1. The summed E-state index contributed by atoms with van der Waals surface area (Å²) in [5.74, 6) is 1.28. The highest BCUT2D eigenvalue weighted by Gasteiger charge is 2.29. The maximum Gasteiger partial charge on any atom is 0.416 e. The maximum absolute atomic E-state index is 12.6. The van der Waals surface area contributed by atoms with Crippen molar-refractivity contribution in [3.63, 3.8) is 0 Å². The summed E-state index contributed by atoms with van der Waals surface area (Å²) in [5.41, 5.74) is 2.96. The first kappa shape index (κ1) is 21.4. The first-order chi connectivity index (χ1) is 14.3. The molecule has 6 nitrogen and oxygen atoms in total. The molecule has 158 valence electrons. The summed E-state index contributed by atoms with van der Waals surface area (Å²) in [4.78, 5) is 8.59. The van der Waals surface area contributed by atoms with E-state index in [2.05, 4.69) is 25.7 Å². The van der Waals surface area contributed by atoms with Crippen molar-refractivity contribution < 1.29 is 13.2 Å². The second-order valence-corrected chi connectivity index (χ2v) is 6.84. The Kier molecular flexibility index (Phi) is 6.39. The normalized spacial score (nSPS) is 12.1. The fourth-order valence-corrected chi connectivity index (χ4v) is 2.91. The van der Waals surface area contributed by atoms with Crippen LogP contribution in [-0.2, 0) is 19.3 Å². The van der Waals surface area contributed by atoms with E-state index in [4.69, 9.17) is 0 Å². The number of benzene rings is 1. The number of nitrogens with zero attached hydrogens (tertiary/aromatic N) is 4. The zero-order valence-electron chi connectivity index (χ0n) is 17.0. The van der Waals surface area contributed by atoms with Gasteiger partial charge in [0.2, 0.25) is 0 Å². The molecule has 30 heavy (non-hydrogen) atoms. The van der Waals surface area contributed by atoms with Gasteiger partial charge < -0.3 is 10.6 Å². The van der Waals surface area contributed by atoms with Crippen molar-refractivity contribution in [3.05, 3.63) is 76.7 Å². The molecule has 0 saturated heterocycles. The topological polar surface area (TPSA) is 67.1 Å². The Bertz CT molecular complexity index is 1000. The summed E-state index contributed by atoms with van der Waals surface area (Å²) >= 11 is 0. The highest BCUT2D eigenvalue weighted by atomic mass is 19.4. The van der Waals surface area contributed by atoms with Gasteiger partial charge in [-0.25, -0.2) is 9.67 Å². The molecule has 0 saturated carbocycles. The van der Waals surface area contributed by atoms with Crippen LogP contribution >= 0.6 is 0 Å². The molecule has 0 spiro atoms. The Morgan fingerprint density at radius 2 is 1.63 bits per heavy atom. The third-order valence-electron chi connectivity index (χ3n) is 4.46. The van der Waals surface area contributed by atoms with Gasteiger partial charge in [-0.3, -0.25) is 4.99 Å². The molecule has 0 fully saturated rings. The molecule has 3 rings (SSSR count). The van der Waals surface area contributed by atoms with Gasteiger partial charge in [-0.05, 0) is 49.2 Å². The lowest BCUT2D eigenvalue weighted by Gasteiger charge is -2.13. The maximum atomic E-state index is 12.6. The molecule has 2 aromatic heterocycles. The van der Waals surface area contributed by atoms with Crippen molar-refractivity contribution in [3.8, 4) is 5.82 Å². The lowest BCUT2D eigenvalue weighted by molar-refractivity contribution is -0.137. The number of alkyl halides is 3. The van der Waals surface area contributed by atoms with E-state index in [9.17, 15) is 13.2 Å². The highest BCUT2D eigenvalue weighted by molar-refractivity contribution is 5.79. The molecular weight excluding hydrogens is 393 g/mol. The fourth-order valence-electron chi connectivity index (χ4n) is 2.91. The number of halogens is 3. The number of hydrogen-bond acceptors (Lipinski definition) is 3. The van der Waals surface area contributed by atoms with Crippen LogP contribution in [0.3, 0.4) is 0 Å². The largest absolute Gasteiger partial charge is 0.416 e. The first-order valence-corrected chi connectivity index (χ1v) is 9.35. The second kappa shape index (κ2) is 8.98. The van der Waals surface area contributed by atoms with Crippen molar-refractivity contribution in [2.75, 3.05) is 7.05 Å². The van der Waals surface area contributed by atoms with Crippen molar-refractivity contribution in [2.45, 2.75) is 33.1 Å². The minimum absolute atomic E-state index is 0.354. The number of nitrogens with one attached hydrogen (secondary N) is 2. The van der Waals surface area contributed by atoms with Gasteiger partial charge in [0.05, 0.1) is 11.3 Å². The molecule has 0 aliphatic rings. The van der Waals surface area contributed by atoms with Gasteiger partial charge in [0.25, 0.3) is 0 Å². The van der Waals surface area contributed by atoms with Crippen LogP contribution in [0.5, 0.6) is 0 Å². The molecule has 1 aromatic carbocycles. The Morgan fingerprint density at radius 3 is 2.13 bits per heavy atom. The number of pyridine rings is 1. The van der Waals surface area contributed by atoms with Crippen molar-refractivity contribution in [1.29, 1.82) is 0 Å². The van der Waals surface area contributed by atoms with E-state index in [1.54, 1.807) is 17.9 Å². The van der Waals surface area contributed by atoms with Gasteiger partial charge in [-0.2, -0.15) is 18.3 Å². The average molecular weight is 416 g/mol. The average Bonchev–Trinajstić information content (AvgIpc) is 3.06. The Morgan fingerprint density at radius 1 is 1.00 bits per heavy atom. The van der Waals surface area contributed by atoms with E-state index < -0.39 is 11.7 Å². The van der Waals surface area contributed by atoms with Crippen molar-refractivity contribution in [1.82, 2.24) is 25.4 Å². The summed E-state index contributed by atoms with van der Waals surface area (Å²) in [7, 11) is 1.63. The van der Waals surface area contributed by atoms with Crippen LogP contribution in [0.1, 0.15) is 28.1 Å². The Labute approximate surface area is 172 Å². The summed E-state index contributed by atoms with van der Waals surface area (Å²) in [6, 6.07) is 10.9. The summed E-state index contributed by atoms with van der Waals surface area (Å²) in [6.45, 7) is 4.76. The minimum atomic E-state index is -4.33. The molecule has 3 aromatic rings. The quantitative estimate of drug-likeness (QED) is 0.491. The molecule has 0 aliphatic heterocycles. The van der Waals surface area contributed by atoms with Gasteiger partial charge in [0.1, 0.15) is 0 Å². The van der Waals surface area contributed by atoms with Crippen LogP contribution in [0.15, 0.2) is 53.7 Å². The standard InChI is InChI=1S/C21H23F3N6/c1-14-10-15(2)30(29-14)19-9-6-17(12-26-19)13-28-20(25-3)27-11-16-4-7-18(8-5-16)21(22,23)24/h4-10,12H,11,13H2,1-3H3,(H2,25,27,28). The van der Waals surface area contributed by atoms with Crippen LogP contribution in [0.25, 0.3) is 5.82 Å². The van der Waals surface area contributed by atoms with E-state index >= 15 is 0 Å². The first-order valence-electron chi connectivity index (χ1n) is 9.35.